The van der Waals surface area contributed by atoms with Crippen LogP contribution in [0.25, 0.3) is 10.9 Å². The van der Waals surface area contributed by atoms with Crippen molar-refractivity contribution in [3.8, 4) is 6.07 Å². The largest absolute Gasteiger partial charge is 0.343 e. The van der Waals surface area contributed by atoms with Crippen LogP contribution in [0.4, 0.5) is 5.69 Å². The molecule has 0 radical (unpaired) electrons. The molecule has 0 aliphatic carbocycles. The van der Waals surface area contributed by atoms with E-state index in [1.54, 1.807) is 34.8 Å². The third kappa shape index (κ3) is 4.34. The maximum atomic E-state index is 14.2. The van der Waals surface area contributed by atoms with Crippen molar-refractivity contribution in [3.63, 3.8) is 0 Å². The van der Waals surface area contributed by atoms with E-state index in [2.05, 4.69) is 21.7 Å². The average molecular weight is 580 g/mol. The summed E-state index contributed by atoms with van der Waals surface area (Å²) >= 11 is 7.48. The molecule has 3 aromatic heterocycles. The molecule has 0 N–H and O–H groups in total. The van der Waals surface area contributed by atoms with Gasteiger partial charge in [-0.3, -0.25) is 9.78 Å². The van der Waals surface area contributed by atoms with Crippen LogP contribution in [-0.4, -0.2) is 41.3 Å². The first-order valence-electron chi connectivity index (χ1n) is 12.8. The summed E-state index contributed by atoms with van der Waals surface area (Å²) in [6, 6.07) is 15.3. The van der Waals surface area contributed by atoms with Crippen molar-refractivity contribution in [1.29, 1.82) is 5.26 Å². The second-order valence-electron chi connectivity index (χ2n) is 9.95. The summed E-state index contributed by atoms with van der Waals surface area (Å²) in [6.07, 6.45) is 5.38. The number of hydrogen-bond donors (Lipinski definition) is 0. The Bertz CT molecular complexity index is 1700. The number of anilines is 1. The Morgan fingerprint density at radius 3 is 2.72 bits per heavy atom. The molecule has 1 saturated heterocycles. The van der Waals surface area contributed by atoms with Crippen LogP contribution in [0.15, 0.2) is 64.4 Å². The third-order valence-corrected chi connectivity index (χ3v) is 11.4. The van der Waals surface area contributed by atoms with Gasteiger partial charge < -0.3 is 9.47 Å². The van der Waals surface area contributed by atoms with Gasteiger partial charge in [0.2, 0.25) is 5.91 Å². The van der Waals surface area contributed by atoms with Crippen LogP contribution in [0.1, 0.15) is 36.9 Å². The molecule has 39 heavy (non-hydrogen) atoms. The number of benzene rings is 1. The first kappa shape index (κ1) is 26.0. The number of aryl methyl sites for hydroxylation is 1. The Labute approximate surface area is 236 Å². The molecule has 0 bridgehead atoms. The number of hydrogen-bond acceptors (Lipinski definition) is 6. The highest BCUT2D eigenvalue weighted by Crippen LogP contribution is 2.49. The zero-order valence-corrected chi connectivity index (χ0v) is 23.5. The molecule has 0 unspecified atom stereocenters. The number of unbranched alkanes of at least 4 members (excludes halogenated alkanes) is 1. The van der Waals surface area contributed by atoms with Gasteiger partial charge in [-0.1, -0.05) is 17.7 Å². The van der Waals surface area contributed by atoms with Crippen molar-refractivity contribution in [2.24, 2.45) is 0 Å². The highest BCUT2D eigenvalue weighted by atomic mass is 35.5. The molecule has 1 aromatic carbocycles. The molecule has 2 aliphatic rings. The second kappa shape index (κ2) is 10.1. The molecule has 1 amide bonds. The number of aromatic nitrogens is 2. The molecule has 2 aliphatic heterocycles. The van der Waals surface area contributed by atoms with Gasteiger partial charge in [0.1, 0.15) is 4.21 Å². The number of carbonyl (C=O) groups excluding carboxylic acids is 1. The van der Waals surface area contributed by atoms with E-state index in [0.717, 1.165) is 27.8 Å². The van der Waals surface area contributed by atoms with Crippen LogP contribution in [-0.2, 0) is 33.3 Å². The topological polar surface area (TPSA) is 99.3 Å². The number of nitriles is 1. The summed E-state index contributed by atoms with van der Waals surface area (Å²) in [6.45, 7) is 1.54. The van der Waals surface area contributed by atoms with E-state index in [1.807, 2.05) is 24.3 Å². The molecular formula is C28H26ClN5O3S2. The van der Waals surface area contributed by atoms with Crippen LogP contribution < -0.4 is 4.90 Å². The fourth-order valence-electron chi connectivity index (χ4n) is 5.95. The lowest BCUT2D eigenvalue weighted by Crippen LogP contribution is -2.49. The Morgan fingerprint density at radius 1 is 1.15 bits per heavy atom. The first-order chi connectivity index (χ1) is 18.8. The van der Waals surface area contributed by atoms with Gasteiger partial charge >= 0.3 is 0 Å². The van der Waals surface area contributed by atoms with Crippen molar-refractivity contribution in [2.45, 2.75) is 48.4 Å². The van der Waals surface area contributed by atoms with Gasteiger partial charge in [-0.05, 0) is 66.6 Å². The average Bonchev–Trinajstić information content (AvgIpc) is 3.65. The molecule has 11 heteroatoms. The van der Waals surface area contributed by atoms with Crippen LogP contribution in [0.3, 0.4) is 0 Å². The molecule has 5 heterocycles. The minimum absolute atomic E-state index is 0.0227. The molecule has 0 atom stereocenters. The number of pyridine rings is 1. The lowest BCUT2D eigenvalue weighted by atomic mass is 9.74. The van der Waals surface area contributed by atoms with Crippen molar-refractivity contribution in [1.82, 2.24) is 13.9 Å². The molecule has 200 valence electrons. The van der Waals surface area contributed by atoms with E-state index in [-0.39, 0.29) is 19.0 Å². The number of amides is 1. The number of thiophene rings is 1. The molecule has 1 spiro atoms. The fraction of sp³-hybridized carbons (Fsp3) is 0.321. The summed E-state index contributed by atoms with van der Waals surface area (Å²) in [4.78, 5) is 20.3. The SMILES string of the molecule is N#CCCCn1c(CN2C(=O)C3(CCN(S(=O)(=O)c4cccs4)CC3)c3ccncc32)cc2cc(Cl)ccc21. The zero-order valence-electron chi connectivity index (χ0n) is 21.1. The van der Waals surface area contributed by atoms with Gasteiger partial charge in [-0.15, -0.1) is 11.3 Å². The molecule has 0 saturated carbocycles. The van der Waals surface area contributed by atoms with Crippen molar-refractivity contribution in [2.75, 3.05) is 18.0 Å². The fourth-order valence-corrected chi connectivity index (χ4v) is 8.71. The standard InChI is InChI=1S/C28H26ClN5O3S2/c29-21-5-6-24-20(16-21)17-22(33(24)12-2-1-10-30)19-34-25-18-31-11-7-23(25)28(27(34)35)8-13-32(14-9-28)39(36,37)26-4-3-15-38-26/h3-7,11,15-18H,1-2,8-9,12-14,19H2. The van der Waals surface area contributed by atoms with Gasteiger partial charge in [0.25, 0.3) is 10.0 Å². The van der Waals surface area contributed by atoms with Crippen LogP contribution in [0, 0.1) is 11.3 Å². The van der Waals surface area contributed by atoms with Gasteiger partial charge in [0, 0.05) is 53.9 Å². The molecule has 8 nitrogen and oxygen atoms in total. The van der Waals surface area contributed by atoms with Gasteiger partial charge in [-0.25, -0.2) is 8.42 Å². The maximum absolute atomic E-state index is 14.2. The Hall–Kier alpha value is -3.23. The van der Waals surface area contributed by atoms with E-state index in [9.17, 15) is 13.2 Å². The van der Waals surface area contributed by atoms with E-state index < -0.39 is 15.4 Å². The van der Waals surface area contributed by atoms with E-state index in [4.69, 9.17) is 16.9 Å². The smallest absolute Gasteiger partial charge is 0.252 e. The minimum atomic E-state index is -3.58. The number of sulfonamides is 1. The van der Waals surface area contributed by atoms with Crippen LogP contribution >= 0.6 is 22.9 Å². The van der Waals surface area contributed by atoms with Crippen molar-refractivity contribution >= 4 is 55.5 Å². The molecule has 1 fully saturated rings. The number of fused-ring (bicyclic) bond motifs is 3. The minimum Gasteiger partial charge on any atom is -0.343 e. The highest BCUT2D eigenvalue weighted by Gasteiger charge is 2.53. The van der Waals surface area contributed by atoms with Gasteiger partial charge in [-0.2, -0.15) is 9.57 Å². The van der Waals surface area contributed by atoms with Gasteiger partial charge in [0.05, 0.1) is 29.9 Å². The Balaban J connectivity index is 1.32. The van der Waals surface area contributed by atoms with E-state index in [1.165, 1.54) is 15.6 Å². The molecular weight excluding hydrogens is 554 g/mol. The molecule has 4 aromatic rings. The summed E-state index contributed by atoms with van der Waals surface area (Å²) in [7, 11) is -3.58. The molecule has 6 rings (SSSR count). The number of nitrogens with zero attached hydrogens (tertiary/aromatic N) is 5. The van der Waals surface area contributed by atoms with Gasteiger partial charge in [0.15, 0.2) is 0 Å². The monoisotopic (exact) mass is 579 g/mol. The van der Waals surface area contributed by atoms with Crippen molar-refractivity contribution in [3.05, 3.63) is 76.5 Å². The predicted molar refractivity (Wildman–Crippen MR) is 151 cm³/mol. The van der Waals surface area contributed by atoms with E-state index in [0.29, 0.717) is 48.0 Å². The summed E-state index contributed by atoms with van der Waals surface area (Å²) in [5.74, 6) is -0.0227. The Kier molecular flexibility index (Phi) is 6.71. The predicted octanol–water partition coefficient (Wildman–Crippen LogP) is 5.32. The first-order valence-corrected chi connectivity index (χ1v) is 15.5. The number of rotatable bonds is 7. The highest BCUT2D eigenvalue weighted by molar-refractivity contribution is 7.91. The quantitative estimate of drug-likeness (QED) is 0.276. The zero-order chi connectivity index (χ0) is 27.2. The van der Waals surface area contributed by atoms with Crippen molar-refractivity contribution < 1.29 is 13.2 Å². The van der Waals surface area contributed by atoms with Crippen LogP contribution in [0.5, 0.6) is 0 Å². The lowest BCUT2D eigenvalue weighted by Gasteiger charge is -2.37. The summed E-state index contributed by atoms with van der Waals surface area (Å²) in [5, 5.41) is 12.4. The summed E-state index contributed by atoms with van der Waals surface area (Å²) < 4.78 is 30.3. The number of carbonyl (C=O) groups is 1. The number of halogens is 1. The Morgan fingerprint density at radius 2 is 1.97 bits per heavy atom. The number of piperidine rings is 1. The maximum Gasteiger partial charge on any atom is 0.252 e. The normalized spacial score (nSPS) is 17.1. The summed E-state index contributed by atoms with van der Waals surface area (Å²) in [5.41, 5.74) is 2.84. The lowest BCUT2D eigenvalue weighted by molar-refractivity contribution is -0.124. The third-order valence-electron chi connectivity index (χ3n) is 7.87. The van der Waals surface area contributed by atoms with Crippen LogP contribution in [0.2, 0.25) is 5.02 Å². The second-order valence-corrected chi connectivity index (χ2v) is 13.5. The van der Waals surface area contributed by atoms with E-state index >= 15 is 0 Å².